The van der Waals surface area contributed by atoms with E-state index in [9.17, 15) is 16.8 Å². The lowest BCUT2D eigenvalue weighted by molar-refractivity contribution is 0.279. The Morgan fingerprint density at radius 2 is 1.81 bits per heavy atom. The second-order valence-electron chi connectivity index (χ2n) is 5.06. The van der Waals surface area contributed by atoms with E-state index >= 15 is 0 Å². The van der Waals surface area contributed by atoms with E-state index in [4.69, 9.17) is 4.18 Å². The fourth-order valence-corrected chi connectivity index (χ4v) is 4.73. The molecule has 0 spiro atoms. The zero-order valence-electron chi connectivity index (χ0n) is 11.1. The third kappa shape index (κ3) is 3.09. The Bertz CT molecular complexity index is 832. The van der Waals surface area contributed by atoms with Crippen LogP contribution in [-0.4, -0.2) is 28.7 Å². The first-order valence-electron chi connectivity index (χ1n) is 6.47. The maximum absolute atomic E-state index is 12.2. The highest BCUT2D eigenvalue weighted by Crippen LogP contribution is 2.24. The van der Waals surface area contributed by atoms with Gasteiger partial charge in [0, 0.05) is 5.41 Å². The van der Waals surface area contributed by atoms with Gasteiger partial charge in [0.1, 0.15) is 6.10 Å². The number of fused-ring (bicyclic) bond motifs is 1. The summed E-state index contributed by atoms with van der Waals surface area (Å²) in [5.74, 6) is -0.333. The molecule has 0 radical (unpaired) electrons. The minimum atomic E-state index is -3.97. The van der Waals surface area contributed by atoms with Crippen LogP contribution >= 0.6 is 0 Å². The summed E-state index contributed by atoms with van der Waals surface area (Å²) in [4.78, 5) is 0.0641. The highest BCUT2D eigenvalue weighted by molar-refractivity contribution is 7.94. The Morgan fingerprint density at radius 3 is 2.48 bits per heavy atom. The molecule has 1 aliphatic heterocycles. The Balaban J connectivity index is 1.85. The summed E-state index contributed by atoms with van der Waals surface area (Å²) < 4.78 is 52.0. The molecule has 112 valence electrons. The van der Waals surface area contributed by atoms with Crippen molar-refractivity contribution in [3.63, 3.8) is 0 Å². The molecule has 3 rings (SSSR count). The van der Waals surface area contributed by atoms with Crippen LogP contribution in [-0.2, 0) is 37.0 Å². The van der Waals surface area contributed by atoms with Crippen LogP contribution in [0.15, 0.2) is 46.7 Å². The first-order valence-corrected chi connectivity index (χ1v) is 9.59. The van der Waals surface area contributed by atoms with E-state index in [0.29, 0.717) is 6.42 Å². The van der Waals surface area contributed by atoms with Crippen molar-refractivity contribution in [2.24, 2.45) is 0 Å². The minimum absolute atomic E-state index is 0.0641. The van der Waals surface area contributed by atoms with E-state index in [-0.39, 0.29) is 10.6 Å². The molecule has 1 aromatic rings. The number of hydrogen-bond acceptors (Lipinski definition) is 5. The molecule has 7 heteroatoms. The number of sulfone groups is 1. The molecule has 21 heavy (non-hydrogen) atoms. The van der Waals surface area contributed by atoms with Gasteiger partial charge in [-0.05, 0) is 42.2 Å². The molecule has 0 amide bonds. The SMILES string of the molecule is O=S1(=O)C=CC(OS(=O)(=O)c2ccc3c(c2)CC=CC3)C1. The number of rotatable bonds is 3. The Hall–Kier alpha value is -1.44. The van der Waals surface area contributed by atoms with Gasteiger partial charge in [-0.3, -0.25) is 4.18 Å². The molecule has 0 saturated carbocycles. The Kier molecular flexibility index (Phi) is 3.51. The zero-order chi connectivity index (χ0) is 15.1. The third-order valence-corrected chi connectivity index (χ3v) is 6.15. The van der Waals surface area contributed by atoms with Crippen molar-refractivity contribution in [2.45, 2.75) is 23.8 Å². The van der Waals surface area contributed by atoms with Crippen LogP contribution in [0.1, 0.15) is 11.1 Å². The molecular weight excluding hydrogens is 312 g/mol. The normalized spacial score (nSPS) is 23.1. The van der Waals surface area contributed by atoms with Crippen molar-refractivity contribution in [1.29, 1.82) is 0 Å². The predicted molar refractivity (Wildman–Crippen MR) is 78.0 cm³/mol. The summed E-state index contributed by atoms with van der Waals surface area (Å²) in [6, 6.07) is 4.87. The van der Waals surface area contributed by atoms with Gasteiger partial charge in [-0.1, -0.05) is 18.2 Å². The maximum Gasteiger partial charge on any atom is 0.297 e. The van der Waals surface area contributed by atoms with Crippen LogP contribution < -0.4 is 0 Å². The Labute approximate surface area is 124 Å². The maximum atomic E-state index is 12.2. The van der Waals surface area contributed by atoms with Crippen LogP contribution in [0.4, 0.5) is 0 Å². The standard InChI is InChI=1S/C14H14O5S2/c15-20(16)8-7-13(10-20)19-21(17,18)14-6-5-11-3-1-2-4-12(11)9-14/h1-2,5-9,13H,3-4,10H2. The molecule has 5 nitrogen and oxygen atoms in total. The average molecular weight is 326 g/mol. The summed E-state index contributed by atoms with van der Waals surface area (Å²) in [5.41, 5.74) is 2.05. The van der Waals surface area contributed by atoms with Crippen molar-refractivity contribution >= 4 is 20.0 Å². The fourth-order valence-electron chi connectivity index (χ4n) is 2.39. The van der Waals surface area contributed by atoms with E-state index < -0.39 is 26.1 Å². The molecule has 1 heterocycles. The quantitative estimate of drug-likeness (QED) is 0.619. The van der Waals surface area contributed by atoms with Gasteiger partial charge >= 0.3 is 0 Å². The molecule has 0 bridgehead atoms. The molecule has 0 fully saturated rings. The summed E-state index contributed by atoms with van der Waals surface area (Å²) in [6.07, 6.45) is 5.83. The minimum Gasteiger partial charge on any atom is -0.258 e. The first-order chi connectivity index (χ1) is 9.86. The lowest BCUT2D eigenvalue weighted by Crippen LogP contribution is -2.20. The number of hydrogen-bond donors (Lipinski definition) is 0. The van der Waals surface area contributed by atoms with Crippen LogP contribution in [0.3, 0.4) is 0 Å². The fraction of sp³-hybridized carbons (Fsp3) is 0.286. The van der Waals surface area contributed by atoms with E-state index in [1.807, 2.05) is 12.2 Å². The molecule has 1 aliphatic carbocycles. The van der Waals surface area contributed by atoms with Crippen molar-refractivity contribution < 1.29 is 21.0 Å². The summed E-state index contributed by atoms with van der Waals surface area (Å²) in [7, 11) is -7.31. The molecule has 0 aromatic heterocycles. The summed E-state index contributed by atoms with van der Waals surface area (Å²) in [6.45, 7) is 0. The van der Waals surface area contributed by atoms with E-state index in [1.165, 1.54) is 12.1 Å². The van der Waals surface area contributed by atoms with Gasteiger partial charge < -0.3 is 0 Å². The van der Waals surface area contributed by atoms with Gasteiger partial charge in [0.2, 0.25) is 0 Å². The topological polar surface area (TPSA) is 77.5 Å². The van der Waals surface area contributed by atoms with Crippen molar-refractivity contribution in [3.05, 3.63) is 53.0 Å². The number of allylic oxidation sites excluding steroid dienone is 2. The van der Waals surface area contributed by atoms with E-state index in [2.05, 4.69) is 0 Å². The van der Waals surface area contributed by atoms with Gasteiger partial charge in [0.05, 0.1) is 10.6 Å². The second kappa shape index (κ2) is 5.08. The van der Waals surface area contributed by atoms with Crippen molar-refractivity contribution in [1.82, 2.24) is 0 Å². The lowest BCUT2D eigenvalue weighted by Gasteiger charge is -2.14. The van der Waals surface area contributed by atoms with Gasteiger partial charge in [0.25, 0.3) is 10.1 Å². The molecule has 0 saturated heterocycles. The average Bonchev–Trinajstić information content (AvgIpc) is 2.76. The Morgan fingerprint density at radius 1 is 1.10 bits per heavy atom. The van der Waals surface area contributed by atoms with Crippen LogP contribution in [0.5, 0.6) is 0 Å². The van der Waals surface area contributed by atoms with Gasteiger partial charge in [-0.2, -0.15) is 8.42 Å². The molecule has 0 N–H and O–H groups in total. The smallest absolute Gasteiger partial charge is 0.258 e. The van der Waals surface area contributed by atoms with Crippen LogP contribution in [0.25, 0.3) is 0 Å². The van der Waals surface area contributed by atoms with Gasteiger partial charge in [-0.15, -0.1) is 0 Å². The van der Waals surface area contributed by atoms with Gasteiger partial charge in [-0.25, -0.2) is 8.42 Å². The van der Waals surface area contributed by atoms with Crippen molar-refractivity contribution in [2.75, 3.05) is 5.75 Å². The molecule has 2 aliphatic rings. The molecular formula is C14H14O5S2. The summed E-state index contributed by atoms with van der Waals surface area (Å²) in [5, 5.41) is 0.991. The lowest BCUT2D eigenvalue weighted by atomic mass is 9.97. The first kappa shape index (κ1) is 14.5. The second-order valence-corrected chi connectivity index (χ2v) is 8.56. The molecule has 1 unspecified atom stereocenters. The van der Waals surface area contributed by atoms with Gasteiger partial charge in [0.15, 0.2) is 9.84 Å². The van der Waals surface area contributed by atoms with Crippen LogP contribution in [0, 0.1) is 0 Å². The highest BCUT2D eigenvalue weighted by Gasteiger charge is 2.28. The molecule has 1 aromatic carbocycles. The molecule has 1 atom stereocenters. The monoisotopic (exact) mass is 326 g/mol. The zero-order valence-corrected chi connectivity index (χ0v) is 12.7. The van der Waals surface area contributed by atoms with Crippen molar-refractivity contribution in [3.8, 4) is 0 Å². The highest BCUT2D eigenvalue weighted by atomic mass is 32.2. The number of benzene rings is 1. The van der Waals surface area contributed by atoms with E-state index in [0.717, 1.165) is 23.0 Å². The van der Waals surface area contributed by atoms with E-state index in [1.54, 1.807) is 12.1 Å². The largest absolute Gasteiger partial charge is 0.297 e. The van der Waals surface area contributed by atoms with Crippen LogP contribution in [0.2, 0.25) is 0 Å². The predicted octanol–water partition coefficient (Wildman–Crippen LogP) is 1.36. The third-order valence-electron chi connectivity index (χ3n) is 3.46. The summed E-state index contributed by atoms with van der Waals surface area (Å²) >= 11 is 0.